The molecule has 1 fully saturated rings. The first-order valence-corrected chi connectivity index (χ1v) is 7.66. The Bertz CT molecular complexity index is 612. The van der Waals surface area contributed by atoms with Crippen LogP contribution in [0.3, 0.4) is 0 Å². The molecule has 0 saturated carbocycles. The van der Waals surface area contributed by atoms with E-state index in [-0.39, 0.29) is 24.1 Å². The number of aromatic nitrogens is 1. The van der Waals surface area contributed by atoms with Gasteiger partial charge in [0.25, 0.3) is 5.91 Å². The van der Waals surface area contributed by atoms with Gasteiger partial charge in [0.05, 0.1) is 23.7 Å². The number of amides is 1. The fourth-order valence-corrected chi connectivity index (χ4v) is 3.30. The summed E-state index contributed by atoms with van der Waals surface area (Å²) in [5.74, 6) is 0.225. The molecule has 21 heavy (non-hydrogen) atoms. The number of aryl methyl sites for hydroxylation is 1. The topological polar surface area (TPSA) is 94.3 Å². The summed E-state index contributed by atoms with van der Waals surface area (Å²) >= 11 is 1.65. The predicted molar refractivity (Wildman–Crippen MR) is 78.1 cm³/mol. The van der Waals surface area contributed by atoms with E-state index in [0.29, 0.717) is 23.6 Å². The van der Waals surface area contributed by atoms with Gasteiger partial charge in [0, 0.05) is 18.1 Å². The van der Waals surface area contributed by atoms with E-state index in [2.05, 4.69) is 4.98 Å². The van der Waals surface area contributed by atoms with E-state index in [4.69, 9.17) is 10.4 Å². The number of thioether (sulfide) groups is 1. The number of aliphatic carboxylic acids is 1. The lowest BCUT2D eigenvalue weighted by atomic mass is 10.1. The summed E-state index contributed by atoms with van der Waals surface area (Å²) in [5.41, 5.74) is 1.20. The maximum Gasteiger partial charge on any atom is 0.305 e. The van der Waals surface area contributed by atoms with Gasteiger partial charge >= 0.3 is 5.97 Å². The number of nitrogens with zero attached hydrogens (tertiary/aromatic N) is 3. The van der Waals surface area contributed by atoms with Crippen molar-refractivity contribution in [3.05, 3.63) is 29.1 Å². The van der Waals surface area contributed by atoms with E-state index >= 15 is 0 Å². The van der Waals surface area contributed by atoms with Crippen LogP contribution in [0.5, 0.6) is 0 Å². The second-order valence-corrected chi connectivity index (χ2v) is 5.92. The Morgan fingerprint density at radius 2 is 2.33 bits per heavy atom. The number of carboxylic acids is 1. The van der Waals surface area contributed by atoms with Crippen LogP contribution in [-0.2, 0) is 4.79 Å². The van der Waals surface area contributed by atoms with Crippen LogP contribution in [0.15, 0.2) is 12.1 Å². The third-order valence-electron chi connectivity index (χ3n) is 3.32. The molecule has 0 aliphatic carbocycles. The van der Waals surface area contributed by atoms with Crippen molar-refractivity contribution in [3.8, 4) is 6.07 Å². The van der Waals surface area contributed by atoms with Gasteiger partial charge in [-0.1, -0.05) is 0 Å². The smallest absolute Gasteiger partial charge is 0.305 e. The summed E-state index contributed by atoms with van der Waals surface area (Å²) in [6, 6.07) is 4.79. The fraction of sp³-hybridized carbons (Fsp3) is 0.429. The van der Waals surface area contributed by atoms with Crippen LogP contribution in [0, 0.1) is 18.3 Å². The van der Waals surface area contributed by atoms with Crippen molar-refractivity contribution in [2.45, 2.75) is 19.4 Å². The van der Waals surface area contributed by atoms with E-state index in [1.54, 1.807) is 29.7 Å². The fourth-order valence-electron chi connectivity index (χ4n) is 2.24. The van der Waals surface area contributed by atoms with Crippen LogP contribution in [-0.4, -0.2) is 51.0 Å². The van der Waals surface area contributed by atoms with Crippen LogP contribution in [0.2, 0.25) is 0 Å². The van der Waals surface area contributed by atoms with Gasteiger partial charge in [-0.05, 0) is 19.1 Å². The Kier molecular flexibility index (Phi) is 4.81. The number of carbonyl (C=O) groups excluding carboxylic acids is 1. The lowest BCUT2D eigenvalue weighted by Gasteiger charge is -2.34. The van der Waals surface area contributed by atoms with Crippen LogP contribution < -0.4 is 0 Å². The van der Waals surface area contributed by atoms with Crippen molar-refractivity contribution >= 4 is 23.6 Å². The van der Waals surface area contributed by atoms with Crippen molar-refractivity contribution in [2.24, 2.45) is 0 Å². The molecule has 1 aliphatic rings. The summed E-state index contributed by atoms with van der Waals surface area (Å²) in [7, 11) is 0. The van der Waals surface area contributed by atoms with Gasteiger partial charge in [0.1, 0.15) is 11.8 Å². The third kappa shape index (κ3) is 3.52. The minimum atomic E-state index is -0.913. The van der Waals surface area contributed by atoms with Gasteiger partial charge in [0.2, 0.25) is 0 Å². The summed E-state index contributed by atoms with van der Waals surface area (Å²) in [6.45, 7) is 2.19. The Hall–Kier alpha value is -2.07. The minimum Gasteiger partial charge on any atom is -0.481 e. The van der Waals surface area contributed by atoms with Crippen LogP contribution in [0.1, 0.15) is 28.2 Å². The molecule has 0 aromatic carbocycles. The molecule has 1 amide bonds. The monoisotopic (exact) mass is 305 g/mol. The average Bonchev–Trinajstić information content (AvgIpc) is 2.46. The molecule has 1 saturated heterocycles. The van der Waals surface area contributed by atoms with E-state index < -0.39 is 5.97 Å². The Morgan fingerprint density at radius 3 is 2.95 bits per heavy atom. The SMILES string of the molecule is Cc1nc(C(=O)N2CCSCC2CC(=O)O)ccc1C#N. The van der Waals surface area contributed by atoms with Gasteiger partial charge in [-0.25, -0.2) is 4.98 Å². The van der Waals surface area contributed by atoms with E-state index in [0.717, 1.165) is 5.75 Å². The molecule has 0 radical (unpaired) electrons. The first kappa shape index (κ1) is 15.3. The standard InChI is InChI=1S/C14H15N3O3S/c1-9-10(7-15)2-3-12(16-9)14(20)17-4-5-21-8-11(17)6-13(18)19/h2-3,11H,4-6,8H2,1H3,(H,18,19). The first-order chi connectivity index (χ1) is 10.0. The molecule has 0 bridgehead atoms. The Labute approximate surface area is 126 Å². The molecule has 1 atom stereocenters. The first-order valence-electron chi connectivity index (χ1n) is 6.51. The molecular weight excluding hydrogens is 290 g/mol. The zero-order chi connectivity index (χ0) is 15.4. The van der Waals surface area contributed by atoms with Crippen molar-refractivity contribution in [3.63, 3.8) is 0 Å². The number of nitriles is 1. The summed E-state index contributed by atoms with van der Waals surface area (Å²) in [6.07, 6.45) is -0.0615. The maximum atomic E-state index is 12.5. The summed E-state index contributed by atoms with van der Waals surface area (Å²) in [5, 5.41) is 17.8. The third-order valence-corrected chi connectivity index (χ3v) is 4.42. The molecular formula is C14H15N3O3S. The normalized spacial score (nSPS) is 18.1. The predicted octanol–water partition coefficient (Wildman–Crippen LogP) is 1.29. The second-order valence-electron chi connectivity index (χ2n) is 4.77. The highest BCUT2D eigenvalue weighted by atomic mass is 32.2. The molecule has 1 aromatic heterocycles. The van der Waals surface area contributed by atoms with Gasteiger partial charge in [-0.3, -0.25) is 9.59 Å². The van der Waals surface area contributed by atoms with Crippen molar-refractivity contribution < 1.29 is 14.7 Å². The molecule has 6 nitrogen and oxygen atoms in total. The molecule has 1 aliphatic heterocycles. The summed E-state index contributed by atoms with van der Waals surface area (Å²) in [4.78, 5) is 29.2. The number of rotatable bonds is 3. The number of pyridine rings is 1. The molecule has 7 heteroatoms. The molecule has 2 rings (SSSR count). The highest BCUT2D eigenvalue weighted by molar-refractivity contribution is 7.99. The number of carboxylic acid groups (broad SMARTS) is 1. The van der Waals surface area contributed by atoms with E-state index in [9.17, 15) is 9.59 Å². The Morgan fingerprint density at radius 1 is 1.57 bits per heavy atom. The molecule has 1 unspecified atom stereocenters. The van der Waals surface area contributed by atoms with Gasteiger partial charge in [-0.2, -0.15) is 17.0 Å². The molecule has 110 valence electrons. The highest BCUT2D eigenvalue weighted by Gasteiger charge is 2.30. The number of carbonyl (C=O) groups is 2. The van der Waals surface area contributed by atoms with Crippen molar-refractivity contribution in [1.82, 2.24) is 9.88 Å². The lowest BCUT2D eigenvalue weighted by Crippen LogP contribution is -2.47. The molecule has 0 spiro atoms. The van der Waals surface area contributed by atoms with Gasteiger partial charge in [-0.15, -0.1) is 0 Å². The lowest BCUT2D eigenvalue weighted by molar-refractivity contribution is -0.138. The van der Waals surface area contributed by atoms with E-state index in [1.165, 1.54) is 6.07 Å². The number of hydrogen-bond acceptors (Lipinski definition) is 5. The quantitative estimate of drug-likeness (QED) is 0.904. The van der Waals surface area contributed by atoms with E-state index in [1.807, 2.05) is 6.07 Å². The second kappa shape index (κ2) is 6.59. The molecule has 1 aromatic rings. The minimum absolute atomic E-state index is 0.0615. The van der Waals surface area contributed by atoms with Crippen LogP contribution in [0.25, 0.3) is 0 Å². The van der Waals surface area contributed by atoms with Crippen LogP contribution >= 0.6 is 11.8 Å². The number of hydrogen-bond donors (Lipinski definition) is 1. The Balaban J connectivity index is 2.22. The molecule has 1 N–H and O–H groups in total. The average molecular weight is 305 g/mol. The van der Waals surface area contributed by atoms with Gasteiger partial charge in [0.15, 0.2) is 0 Å². The van der Waals surface area contributed by atoms with Gasteiger partial charge < -0.3 is 10.0 Å². The maximum absolute atomic E-state index is 12.5. The highest BCUT2D eigenvalue weighted by Crippen LogP contribution is 2.21. The zero-order valence-electron chi connectivity index (χ0n) is 11.6. The van der Waals surface area contributed by atoms with Crippen molar-refractivity contribution in [2.75, 3.05) is 18.1 Å². The van der Waals surface area contributed by atoms with Crippen LogP contribution in [0.4, 0.5) is 0 Å². The van der Waals surface area contributed by atoms with Crippen molar-refractivity contribution in [1.29, 1.82) is 5.26 Å². The zero-order valence-corrected chi connectivity index (χ0v) is 12.4. The molecule has 2 heterocycles. The summed E-state index contributed by atoms with van der Waals surface area (Å²) < 4.78 is 0. The largest absolute Gasteiger partial charge is 0.481 e.